The molecule has 0 aromatic heterocycles. The Morgan fingerprint density at radius 2 is 1.58 bits per heavy atom. The first-order valence-electron chi connectivity index (χ1n) is 9.07. The monoisotopic (exact) mass is 342 g/mol. The lowest BCUT2D eigenvalue weighted by Gasteiger charge is -2.29. The predicted octanol–water partition coefficient (Wildman–Crippen LogP) is 5.33. The first-order valence-corrected chi connectivity index (χ1v) is 10.2. The van der Waals surface area contributed by atoms with Crippen molar-refractivity contribution in [2.45, 2.75) is 50.8 Å². The average Bonchev–Trinajstić information content (AvgIpc) is 2.86. The SMILES string of the molecule is C[C@@H](OP1N(C)[C@@H]2CCCC[C@H]2N1C)c1cccc2ccccc12. The molecule has 1 saturated heterocycles. The maximum Gasteiger partial charge on any atom is 0.188 e. The van der Waals surface area contributed by atoms with Gasteiger partial charge in [-0.15, -0.1) is 0 Å². The number of fused-ring (bicyclic) bond motifs is 2. The van der Waals surface area contributed by atoms with Crippen molar-refractivity contribution < 1.29 is 4.52 Å². The van der Waals surface area contributed by atoms with Crippen LogP contribution in [-0.2, 0) is 4.52 Å². The van der Waals surface area contributed by atoms with Crippen LogP contribution in [0.25, 0.3) is 10.8 Å². The number of hydrogen-bond donors (Lipinski definition) is 0. The smallest absolute Gasteiger partial charge is 0.188 e. The van der Waals surface area contributed by atoms with E-state index in [4.69, 9.17) is 4.52 Å². The summed E-state index contributed by atoms with van der Waals surface area (Å²) < 4.78 is 11.7. The fraction of sp³-hybridized carbons (Fsp3) is 0.500. The summed E-state index contributed by atoms with van der Waals surface area (Å²) in [6.07, 6.45) is 5.46. The van der Waals surface area contributed by atoms with Crippen molar-refractivity contribution in [2.24, 2.45) is 0 Å². The van der Waals surface area contributed by atoms with Crippen LogP contribution in [0.15, 0.2) is 42.5 Å². The highest BCUT2D eigenvalue weighted by molar-refractivity contribution is 7.47. The average molecular weight is 342 g/mol. The Labute approximate surface area is 146 Å². The Bertz CT molecular complexity index is 698. The van der Waals surface area contributed by atoms with Crippen LogP contribution in [0.1, 0.15) is 44.3 Å². The standard InChI is InChI=1S/C20H27N2OP/c1-15(17-12-8-10-16-9-4-5-11-18(16)17)23-24-21(2)19-13-6-7-14-20(19)22(24)3/h4-5,8-12,15,19-20H,6-7,13-14H2,1-3H3/t15-,19-,20-/m1/s1. The van der Waals surface area contributed by atoms with Crippen molar-refractivity contribution in [1.29, 1.82) is 0 Å². The summed E-state index contributed by atoms with van der Waals surface area (Å²) in [5, 5.41) is 2.60. The second kappa shape index (κ2) is 6.72. The Kier molecular flexibility index (Phi) is 4.62. The molecular weight excluding hydrogens is 315 g/mol. The van der Waals surface area contributed by atoms with Gasteiger partial charge in [0, 0.05) is 12.1 Å². The molecule has 0 amide bonds. The number of hydrogen-bond acceptors (Lipinski definition) is 3. The number of rotatable bonds is 3. The van der Waals surface area contributed by atoms with Gasteiger partial charge in [-0.25, -0.2) is 9.34 Å². The fourth-order valence-corrected chi connectivity index (χ4v) is 6.58. The van der Waals surface area contributed by atoms with Crippen LogP contribution >= 0.6 is 8.45 Å². The number of likely N-dealkylation sites (N-methyl/N-ethyl adjacent to an activating group) is 2. The molecule has 1 aliphatic carbocycles. The molecular formula is C20H27N2OP. The van der Waals surface area contributed by atoms with Gasteiger partial charge in [0.15, 0.2) is 8.45 Å². The summed E-state index contributed by atoms with van der Waals surface area (Å²) in [5.74, 6) is 0. The van der Waals surface area contributed by atoms with Gasteiger partial charge in [-0.05, 0) is 50.2 Å². The first-order chi connectivity index (χ1) is 11.7. The summed E-state index contributed by atoms with van der Waals surface area (Å²) in [4.78, 5) is 0. The lowest BCUT2D eigenvalue weighted by atomic mass is 9.91. The van der Waals surface area contributed by atoms with Crippen molar-refractivity contribution in [3.8, 4) is 0 Å². The largest absolute Gasteiger partial charge is 0.323 e. The van der Waals surface area contributed by atoms with Crippen molar-refractivity contribution in [3.05, 3.63) is 48.0 Å². The third-order valence-electron chi connectivity index (χ3n) is 5.71. The molecule has 0 spiro atoms. The normalized spacial score (nSPS) is 27.5. The molecule has 0 unspecified atom stereocenters. The Morgan fingerprint density at radius 1 is 0.958 bits per heavy atom. The van der Waals surface area contributed by atoms with Crippen LogP contribution in [0.4, 0.5) is 0 Å². The van der Waals surface area contributed by atoms with Crippen LogP contribution in [0.3, 0.4) is 0 Å². The van der Waals surface area contributed by atoms with Gasteiger partial charge >= 0.3 is 0 Å². The third kappa shape index (κ3) is 2.78. The molecule has 2 aliphatic rings. The van der Waals surface area contributed by atoms with Crippen LogP contribution in [-0.4, -0.2) is 35.5 Å². The van der Waals surface area contributed by atoms with Crippen LogP contribution < -0.4 is 0 Å². The minimum Gasteiger partial charge on any atom is -0.323 e. The molecule has 24 heavy (non-hydrogen) atoms. The van der Waals surface area contributed by atoms with Crippen LogP contribution in [0.2, 0.25) is 0 Å². The second-order valence-corrected chi connectivity index (χ2v) is 9.11. The van der Waals surface area contributed by atoms with Crippen molar-refractivity contribution in [1.82, 2.24) is 9.34 Å². The van der Waals surface area contributed by atoms with E-state index in [1.54, 1.807) is 0 Å². The molecule has 2 fully saturated rings. The lowest BCUT2D eigenvalue weighted by molar-refractivity contribution is 0.225. The van der Waals surface area contributed by atoms with E-state index in [1.165, 1.54) is 42.0 Å². The summed E-state index contributed by atoms with van der Waals surface area (Å²) in [6.45, 7) is 2.20. The fourth-order valence-electron chi connectivity index (χ4n) is 4.39. The van der Waals surface area contributed by atoms with Crippen LogP contribution in [0, 0.1) is 0 Å². The summed E-state index contributed by atoms with van der Waals surface area (Å²) >= 11 is 0. The van der Waals surface area contributed by atoms with Gasteiger partial charge < -0.3 is 4.52 Å². The topological polar surface area (TPSA) is 15.7 Å². The van der Waals surface area contributed by atoms with E-state index in [-0.39, 0.29) is 6.10 Å². The maximum absolute atomic E-state index is 6.64. The Hall–Kier alpha value is -0.990. The quantitative estimate of drug-likeness (QED) is 0.701. The molecule has 2 aromatic rings. The molecule has 1 aliphatic heterocycles. The maximum atomic E-state index is 6.64. The second-order valence-electron chi connectivity index (χ2n) is 7.14. The highest BCUT2D eigenvalue weighted by atomic mass is 31.2. The molecule has 2 aromatic carbocycles. The number of benzene rings is 2. The zero-order valence-corrected chi connectivity index (χ0v) is 15.7. The molecule has 4 rings (SSSR count). The molecule has 1 saturated carbocycles. The van der Waals surface area contributed by atoms with Gasteiger partial charge in [-0.1, -0.05) is 55.3 Å². The molecule has 3 nitrogen and oxygen atoms in total. The summed E-state index contributed by atoms with van der Waals surface area (Å²) in [6, 6.07) is 16.5. The van der Waals surface area contributed by atoms with E-state index in [9.17, 15) is 0 Å². The Balaban J connectivity index is 1.58. The Morgan fingerprint density at radius 3 is 2.29 bits per heavy atom. The minimum absolute atomic E-state index is 0.104. The molecule has 0 N–H and O–H groups in total. The zero-order chi connectivity index (χ0) is 16.7. The molecule has 128 valence electrons. The minimum atomic E-state index is -0.670. The molecule has 3 atom stereocenters. The van der Waals surface area contributed by atoms with Gasteiger partial charge in [-0.3, -0.25) is 0 Å². The lowest BCUT2D eigenvalue weighted by Crippen LogP contribution is -2.37. The van der Waals surface area contributed by atoms with Crippen LogP contribution in [0.5, 0.6) is 0 Å². The van der Waals surface area contributed by atoms with E-state index in [1.807, 2.05) is 0 Å². The molecule has 0 bridgehead atoms. The summed E-state index contributed by atoms with van der Waals surface area (Å²) in [7, 11) is 3.85. The van der Waals surface area contributed by atoms with E-state index in [0.717, 1.165) is 0 Å². The molecule has 0 radical (unpaired) electrons. The van der Waals surface area contributed by atoms with Crippen molar-refractivity contribution in [3.63, 3.8) is 0 Å². The van der Waals surface area contributed by atoms with E-state index < -0.39 is 8.45 Å². The highest BCUT2D eigenvalue weighted by Gasteiger charge is 2.46. The van der Waals surface area contributed by atoms with E-state index in [2.05, 4.69) is 72.8 Å². The summed E-state index contributed by atoms with van der Waals surface area (Å²) in [5.41, 5.74) is 1.30. The van der Waals surface area contributed by atoms with Gasteiger partial charge in [0.25, 0.3) is 0 Å². The number of nitrogens with zero attached hydrogens (tertiary/aromatic N) is 2. The third-order valence-corrected chi connectivity index (χ3v) is 7.88. The molecule has 1 heterocycles. The highest BCUT2D eigenvalue weighted by Crippen LogP contribution is 2.58. The van der Waals surface area contributed by atoms with E-state index in [0.29, 0.717) is 12.1 Å². The zero-order valence-electron chi connectivity index (χ0n) is 14.9. The van der Waals surface area contributed by atoms with E-state index >= 15 is 0 Å². The van der Waals surface area contributed by atoms with Gasteiger partial charge in [0.05, 0.1) is 6.10 Å². The van der Waals surface area contributed by atoms with Gasteiger partial charge in [0.1, 0.15) is 0 Å². The first kappa shape index (κ1) is 16.5. The van der Waals surface area contributed by atoms with Crippen molar-refractivity contribution in [2.75, 3.05) is 14.1 Å². The van der Waals surface area contributed by atoms with Gasteiger partial charge in [0.2, 0.25) is 0 Å². The molecule has 4 heteroatoms. The predicted molar refractivity (Wildman–Crippen MR) is 102 cm³/mol. The van der Waals surface area contributed by atoms with Crippen molar-refractivity contribution >= 4 is 19.2 Å². The van der Waals surface area contributed by atoms with Gasteiger partial charge in [-0.2, -0.15) is 0 Å².